The fraction of sp³-hybridized carbons (Fsp3) is 0.348. The van der Waals surface area contributed by atoms with E-state index in [1.165, 1.54) is 4.88 Å². The summed E-state index contributed by atoms with van der Waals surface area (Å²) >= 11 is 1.65. The van der Waals surface area contributed by atoms with Gasteiger partial charge in [0.25, 0.3) is 0 Å². The number of carbonyl (C=O) groups excluding carboxylic acids is 1. The maximum atomic E-state index is 12.6. The first-order valence-corrected chi connectivity index (χ1v) is 11.2. The zero-order valence-corrected chi connectivity index (χ0v) is 19.2. The lowest BCUT2D eigenvalue weighted by atomic mass is 9.99. The number of fused-ring (bicyclic) bond motifs is 3. The molecule has 4 rings (SSSR count). The number of nitriles is 1. The zero-order chi connectivity index (χ0) is 23.0. The summed E-state index contributed by atoms with van der Waals surface area (Å²) in [4.78, 5) is 18.8. The van der Waals surface area contributed by atoms with Crippen LogP contribution in [0.1, 0.15) is 58.2 Å². The Hall–Kier alpha value is -3.35. The van der Waals surface area contributed by atoms with Crippen LogP contribution in [-0.4, -0.2) is 44.1 Å². The van der Waals surface area contributed by atoms with Crippen molar-refractivity contribution in [1.82, 2.24) is 20.1 Å². The quantitative estimate of drug-likeness (QED) is 0.623. The molecule has 3 aromatic rings. The summed E-state index contributed by atoms with van der Waals surface area (Å²) < 4.78 is 1.99. The van der Waals surface area contributed by atoms with Gasteiger partial charge in [-0.05, 0) is 45.4 Å². The maximum absolute atomic E-state index is 12.6. The van der Waals surface area contributed by atoms with Crippen molar-refractivity contribution in [2.75, 3.05) is 6.54 Å². The van der Waals surface area contributed by atoms with Gasteiger partial charge in [0.2, 0.25) is 5.91 Å². The van der Waals surface area contributed by atoms with Crippen molar-refractivity contribution >= 4 is 23.0 Å². The molecular weight excluding hydrogens is 424 g/mol. The number of rotatable bonds is 5. The van der Waals surface area contributed by atoms with E-state index in [-0.39, 0.29) is 18.9 Å². The molecule has 0 unspecified atom stereocenters. The maximum Gasteiger partial charge on any atom is 0.222 e. The molecule has 1 amide bonds. The number of aromatic nitrogens is 3. The van der Waals surface area contributed by atoms with Gasteiger partial charge in [-0.3, -0.25) is 14.4 Å². The second-order valence-corrected chi connectivity index (χ2v) is 9.15. The van der Waals surface area contributed by atoms with Crippen LogP contribution in [0.15, 0.2) is 29.3 Å². The highest BCUT2D eigenvalue weighted by Gasteiger charge is 2.32. The molecule has 1 aromatic carbocycles. The number of nitrogens with one attached hydrogen (secondary N) is 1. The van der Waals surface area contributed by atoms with E-state index < -0.39 is 12.1 Å². The van der Waals surface area contributed by atoms with Gasteiger partial charge in [-0.25, -0.2) is 0 Å². The number of thiophene rings is 1. The lowest BCUT2D eigenvalue weighted by Gasteiger charge is -2.13. The van der Waals surface area contributed by atoms with Crippen LogP contribution in [0.2, 0.25) is 0 Å². The van der Waals surface area contributed by atoms with Gasteiger partial charge in [0.1, 0.15) is 16.9 Å². The summed E-state index contributed by atoms with van der Waals surface area (Å²) in [5.74, 6) is 1.12. The van der Waals surface area contributed by atoms with E-state index in [9.17, 15) is 15.2 Å². The van der Waals surface area contributed by atoms with Crippen LogP contribution in [0.25, 0.3) is 5.00 Å². The van der Waals surface area contributed by atoms with Gasteiger partial charge in [0.15, 0.2) is 5.82 Å². The molecule has 2 aromatic heterocycles. The summed E-state index contributed by atoms with van der Waals surface area (Å²) in [6.45, 7) is 7.83. The van der Waals surface area contributed by atoms with E-state index in [2.05, 4.69) is 35.4 Å². The van der Waals surface area contributed by atoms with Gasteiger partial charge < -0.3 is 10.4 Å². The van der Waals surface area contributed by atoms with Crippen LogP contribution in [0.3, 0.4) is 0 Å². The molecule has 8 nitrogen and oxygen atoms in total. The zero-order valence-electron chi connectivity index (χ0n) is 18.4. The number of hydrogen-bond donors (Lipinski definition) is 2. The Labute approximate surface area is 190 Å². The number of carbonyl (C=O) groups is 1. The molecule has 1 aliphatic rings. The third-order valence-corrected chi connectivity index (χ3v) is 6.69. The Kier molecular flexibility index (Phi) is 5.91. The topological polar surface area (TPSA) is 116 Å². The average Bonchev–Trinajstić information content (AvgIpc) is 3.24. The fourth-order valence-corrected chi connectivity index (χ4v) is 4.95. The molecule has 0 bridgehead atoms. The number of hydrogen-bond acceptors (Lipinski definition) is 7. The van der Waals surface area contributed by atoms with Crippen LogP contribution < -0.4 is 5.32 Å². The van der Waals surface area contributed by atoms with Crippen molar-refractivity contribution < 1.29 is 9.90 Å². The molecule has 3 heterocycles. The molecule has 2 N–H and O–H groups in total. The first-order chi connectivity index (χ1) is 15.3. The summed E-state index contributed by atoms with van der Waals surface area (Å²) in [7, 11) is 0. The van der Waals surface area contributed by atoms with Crippen LogP contribution in [0, 0.1) is 32.1 Å². The second kappa shape index (κ2) is 8.65. The largest absolute Gasteiger partial charge is 0.392 e. The third kappa shape index (κ3) is 3.95. The van der Waals surface area contributed by atoms with E-state index in [0.717, 1.165) is 33.2 Å². The number of aliphatic hydroxyl groups excluding tert-OH is 1. The van der Waals surface area contributed by atoms with Gasteiger partial charge in [-0.1, -0.05) is 12.1 Å². The second-order valence-electron chi connectivity index (χ2n) is 7.94. The Morgan fingerprint density at radius 1 is 1.28 bits per heavy atom. The first-order valence-electron chi connectivity index (χ1n) is 10.4. The molecule has 0 radical (unpaired) electrons. The number of nitrogens with zero attached hydrogens (tertiary/aromatic N) is 5. The van der Waals surface area contributed by atoms with Gasteiger partial charge >= 0.3 is 0 Å². The molecule has 9 heteroatoms. The molecule has 1 aliphatic heterocycles. The number of aliphatic hydroxyl groups is 1. The Morgan fingerprint density at radius 3 is 2.66 bits per heavy atom. The first kappa shape index (κ1) is 21.9. The van der Waals surface area contributed by atoms with Crippen molar-refractivity contribution in [2.45, 2.75) is 46.3 Å². The van der Waals surface area contributed by atoms with Crippen LogP contribution >= 0.6 is 11.3 Å². The average molecular weight is 449 g/mol. The number of aryl methyl sites for hydroxylation is 2. The highest BCUT2D eigenvalue weighted by atomic mass is 32.1. The van der Waals surface area contributed by atoms with Gasteiger partial charge in [-0.2, -0.15) is 5.26 Å². The molecule has 0 spiro atoms. The summed E-state index contributed by atoms with van der Waals surface area (Å²) in [6.07, 6.45) is -0.549. The number of aliphatic imine (C=N–C) groups is 1. The Bertz CT molecular complexity index is 1250. The summed E-state index contributed by atoms with van der Waals surface area (Å²) in [5.41, 5.74) is 4.32. The van der Waals surface area contributed by atoms with Gasteiger partial charge in [0.05, 0.1) is 29.9 Å². The van der Waals surface area contributed by atoms with Gasteiger partial charge in [0, 0.05) is 22.5 Å². The van der Waals surface area contributed by atoms with E-state index in [1.807, 2.05) is 23.6 Å². The van der Waals surface area contributed by atoms with E-state index >= 15 is 0 Å². The van der Waals surface area contributed by atoms with E-state index in [1.54, 1.807) is 30.4 Å². The number of benzene rings is 1. The number of amides is 1. The van der Waals surface area contributed by atoms with Crippen molar-refractivity contribution in [1.29, 1.82) is 5.26 Å². The molecule has 0 fully saturated rings. The predicted molar refractivity (Wildman–Crippen MR) is 122 cm³/mol. The smallest absolute Gasteiger partial charge is 0.222 e. The minimum atomic E-state index is -0.630. The fourth-order valence-electron chi connectivity index (χ4n) is 3.74. The lowest BCUT2D eigenvalue weighted by molar-refractivity contribution is -0.121. The molecule has 2 atom stereocenters. The minimum absolute atomic E-state index is 0.0810. The minimum Gasteiger partial charge on any atom is -0.392 e. The molecule has 0 aliphatic carbocycles. The van der Waals surface area contributed by atoms with Crippen LogP contribution in [-0.2, 0) is 4.79 Å². The van der Waals surface area contributed by atoms with Crippen molar-refractivity contribution in [3.63, 3.8) is 0 Å². The molecule has 0 saturated carbocycles. The highest BCUT2D eigenvalue weighted by Crippen LogP contribution is 2.39. The Morgan fingerprint density at radius 2 is 2.00 bits per heavy atom. The van der Waals surface area contributed by atoms with Crippen LogP contribution in [0.5, 0.6) is 0 Å². The van der Waals surface area contributed by atoms with Crippen molar-refractivity contribution in [3.05, 3.63) is 63.0 Å². The molecular formula is C23H24N6O2S. The van der Waals surface area contributed by atoms with E-state index in [4.69, 9.17) is 4.99 Å². The standard InChI is InChI=1S/C23H24N6O2S/c1-12(30)11-25-19(31)9-18-22-28-27-15(4)29(22)23-20(13(2)14(3)32-23)21(26-18)17-7-5-16(10-24)6-8-17/h5-8,12,18,30H,9,11H2,1-4H3,(H,25,31)/t12-,18-/m0/s1. The van der Waals surface area contributed by atoms with Crippen molar-refractivity contribution in [2.24, 2.45) is 4.99 Å². The Balaban J connectivity index is 1.87. The van der Waals surface area contributed by atoms with Crippen molar-refractivity contribution in [3.8, 4) is 11.1 Å². The third-order valence-electron chi connectivity index (χ3n) is 5.50. The van der Waals surface area contributed by atoms with Crippen LogP contribution in [0.4, 0.5) is 0 Å². The van der Waals surface area contributed by atoms with Gasteiger partial charge in [-0.15, -0.1) is 21.5 Å². The summed E-state index contributed by atoms with van der Waals surface area (Å²) in [5, 5.41) is 31.1. The lowest BCUT2D eigenvalue weighted by Crippen LogP contribution is -2.31. The highest BCUT2D eigenvalue weighted by molar-refractivity contribution is 7.15. The molecule has 32 heavy (non-hydrogen) atoms. The normalized spacial score (nSPS) is 15.8. The monoisotopic (exact) mass is 448 g/mol. The molecule has 0 saturated heterocycles. The van der Waals surface area contributed by atoms with E-state index in [0.29, 0.717) is 11.4 Å². The predicted octanol–water partition coefficient (Wildman–Crippen LogP) is 2.90. The molecule has 164 valence electrons. The SMILES string of the molecule is Cc1sc2c(c1C)C(c1ccc(C#N)cc1)=N[C@@H](CC(=O)NC[C@H](C)O)c1nnc(C)n1-2. The summed E-state index contributed by atoms with van der Waals surface area (Å²) in [6, 6.07) is 8.91.